The molecule has 30 heavy (non-hydrogen) atoms. The van der Waals surface area contributed by atoms with Gasteiger partial charge in [0, 0.05) is 12.8 Å². The quantitative estimate of drug-likeness (QED) is 0.130. The summed E-state index contributed by atoms with van der Waals surface area (Å²) < 4.78 is 10.9. The maximum Gasteiger partial charge on any atom is 0.306 e. The number of hydrogen-bond donors (Lipinski definition) is 0. The Kier molecular flexibility index (Phi) is 21.8. The summed E-state index contributed by atoms with van der Waals surface area (Å²) in [5.41, 5.74) is 0. The molecule has 0 spiro atoms. The van der Waals surface area contributed by atoms with Crippen LogP contribution in [0.15, 0.2) is 0 Å². The zero-order valence-corrected chi connectivity index (χ0v) is 20.4. The lowest BCUT2D eigenvalue weighted by Gasteiger charge is -2.17. The van der Waals surface area contributed by atoms with Crippen molar-refractivity contribution >= 4 is 11.9 Å². The van der Waals surface area contributed by atoms with Gasteiger partial charge in [-0.3, -0.25) is 9.59 Å². The van der Waals surface area contributed by atoms with E-state index in [-0.39, 0.29) is 18.0 Å². The second-order valence-electron chi connectivity index (χ2n) is 8.65. The highest BCUT2D eigenvalue weighted by molar-refractivity contribution is 5.69. The third-order valence-electron chi connectivity index (χ3n) is 5.56. The fraction of sp³-hybridized carbons (Fsp3) is 0.923. The van der Waals surface area contributed by atoms with Crippen LogP contribution < -0.4 is 0 Å². The Bertz CT molecular complexity index is 394. The third kappa shape index (κ3) is 20.2. The number of carbonyl (C=O) groups is 2. The lowest BCUT2D eigenvalue weighted by molar-refractivity contribution is -0.150. The summed E-state index contributed by atoms with van der Waals surface area (Å²) in [6.07, 6.45) is 20.0. The Balaban J connectivity index is 3.47. The van der Waals surface area contributed by atoms with E-state index in [0.717, 1.165) is 77.0 Å². The number of carbonyl (C=O) groups excluding carboxylic acids is 2. The van der Waals surface area contributed by atoms with Gasteiger partial charge in [0.25, 0.3) is 0 Å². The Hall–Kier alpha value is -1.06. The molecule has 0 aliphatic carbocycles. The molecule has 0 saturated heterocycles. The molecule has 4 heteroatoms. The van der Waals surface area contributed by atoms with Crippen molar-refractivity contribution in [3.05, 3.63) is 0 Å². The Morgan fingerprint density at radius 2 is 1.10 bits per heavy atom. The first-order valence-corrected chi connectivity index (χ1v) is 13.0. The van der Waals surface area contributed by atoms with Gasteiger partial charge in [0.1, 0.15) is 6.10 Å². The molecule has 178 valence electrons. The maximum atomic E-state index is 12.0. The molecule has 0 aliphatic heterocycles. The number of unbranched alkanes of at least 4 members (excludes halogenated alkanes) is 11. The number of rotatable bonds is 22. The van der Waals surface area contributed by atoms with Crippen molar-refractivity contribution < 1.29 is 19.1 Å². The first kappa shape index (κ1) is 28.9. The smallest absolute Gasteiger partial charge is 0.306 e. The topological polar surface area (TPSA) is 52.6 Å². The summed E-state index contributed by atoms with van der Waals surface area (Å²) in [7, 11) is 0. The van der Waals surface area contributed by atoms with Gasteiger partial charge in [0.2, 0.25) is 0 Å². The van der Waals surface area contributed by atoms with Crippen molar-refractivity contribution in [2.45, 2.75) is 149 Å². The molecule has 4 nitrogen and oxygen atoms in total. The fourth-order valence-corrected chi connectivity index (χ4v) is 3.65. The molecule has 0 heterocycles. The highest BCUT2D eigenvalue weighted by Gasteiger charge is 2.12. The standard InChI is InChI=1S/C26H50O4/c1-4-7-9-10-15-18-23-29-25(27)21-16-13-11-12-14-17-22-26(28)30-24(19-6-3)20-8-5-2/h24H,4-23H2,1-3H3. The van der Waals surface area contributed by atoms with Crippen LogP contribution in [0.2, 0.25) is 0 Å². The summed E-state index contributed by atoms with van der Waals surface area (Å²) in [6, 6.07) is 0. The van der Waals surface area contributed by atoms with Crippen LogP contribution in [0, 0.1) is 0 Å². The maximum absolute atomic E-state index is 12.0. The SMILES string of the molecule is CCCCCCCCOC(=O)CCCCCCCCC(=O)OC(CCC)CCCC. The monoisotopic (exact) mass is 426 g/mol. The zero-order chi connectivity index (χ0) is 22.3. The van der Waals surface area contributed by atoms with Gasteiger partial charge in [-0.05, 0) is 32.1 Å². The molecule has 0 aromatic carbocycles. The van der Waals surface area contributed by atoms with Gasteiger partial charge in [-0.15, -0.1) is 0 Å². The summed E-state index contributed by atoms with van der Waals surface area (Å²) in [5, 5.41) is 0. The molecule has 0 saturated carbocycles. The van der Waals surface area contributed by atoms with Gasteiger partial charge < -0.3 is 9.47 Å². The van der Waals surface area contributed by atoms with E-state index in [1.54, 1.807) is 0 Å². The van der Waals surface area contributed by atoms with E-state index in [4.69, 9.17) is 9.47 Å². The first-order valence-electron chi connectivity index (χ1n) is 13.0. The molecule has 0 aromatic rings. The molecule has 0 amide bonds. The van der Waals surface area contributed by atoms with E-state index in [2.05, 4.69) is 20.8 Å². The summed E-state index contributed by atoms with van der Waals surface area (Å²) >= 11 is 0. The van der Waals surface area contributed by atoms with Crippen LogP contribution in [0.25, 0.3) is 0 Å². The molecule has 0 aliphatic rings. The Labute approximate surface area is 186 Å². The highest BCUT2D eigenvalue weighted by Crippen LogP contribution is 2.14. The molecule has 0 bridgehead atoms. The van der Waals surface area contributed by atoms with E-state index < -0.39 is 0 Å². The van der Waals surface area contributed by atoms with E-state index >= 15 is 0 Å². The predicted octanol–water partition coefficient (Wildman–Crippen LogP) is 7.91. The van der Waals surface area contributed by atoms with Crippen LogP contribution in [0.5, 0.6) is 0 Å². The lowest BCUT2D eigenvalue weighted by atomic mass is 10.1. The molecular formula is C26H50O4. The van der Waals surface area contributed by atoms with Crippen LogP contribution in [0.3, 0.4) is 0 Å². The largest absolute Gasteiger partial charge is 0.466 e. The van der Waals surface area contributed by atoms with Crippen molar-refractivity contribution in [2.24, 2.45) is 0 Å². The third-order valence-corrected chi connectivity index (χ3v) is 5.56. The summed E-state index contributed by atoms with van der Waals surface area (Å²) in [5.74, 6) is -0.0753. The van der Waals surface area contributed by atoms with Gasteiger partial charge >= 0.3 is 11.9 Å². The van der Waals surface area contributed by atoms with Crippen LogP contribution in [0.4, 0.5) is 0 Å². The lowest BCUT2D eigenvalue weighted by Crippen LogP contribution is -2.18. The van der Waals surface area contributed by atoms with E-state index in [1.165, 1.54) is 32.1 Å². The minimum absolute atomic E-state index is 0.0299. The fourth-order valence-electron chi connectivity index (χ4n) is 3.65. The van der Waals surface area contributed by atoms with Crippen molar-refractivity contribution in [1.29, 1.82) is 0 Å². The zero-order valence-electron chi connectivity index (χ0n) is 20.4. The summed E-state index contributed by atoms with van der Waals surface area (Å²) in [6.45, 7) is 7.11. The minimum Gasteiger partial charge on any atom is -0.466 e. The van der Waals surface area contributed by atoms with Gasteiger partial charge in [0.05, 0.1) is 6.61 Å². The van der Waals surface area contributed by atoms with Gasteiger partial charge in [-0.1, -0.05) is 97.8 Å². The number of esters is 2. The minimum atomic E-state index is -0.0454. The van der Waals surface area contributed by atoms with Gasteiger partial charge in [-0.2, -0.15) is 0 Å². The Morgan fingerprint density at radius 3 is 1.70 bits per heavy atom. The second-order valence-corrected chi connectivity index (χ2v) is 8.65. The molecule has 0 N–H and O–H groups in total. The molecule has 1 unspecified atom stereocenters. The average Bonchev–Trinajstić information content (AvgIpc) is 2.73. The predicted molar refractivity (Wildman–Crippen MR) is 126 cm³/mol. The van der Waals surface area contributed by atoms with Gasteiger partial charge in [-0.25, -0.2) is 0 Å². The molecule has 0 aromatic heterocycles. The molecular weight excluding hydrogens is 376 g/mol. The molecule has 0 fully saturated rings. The number of ether oxygens (including phenoxy) is 2. The highest BCUT2D eigenvalue weighted by atomic mass is 16.5. The first-order chi connectivity index (χ1) is 14.6. The van der Waals surface area contributed by atoms with Crippen LogP contribution in [-0.4, -0.2) is 24.6 Å². The van der Waals surface area contributed by atoms with Crippen LogP contribution in [-0.2, 0) is 19.1 Å². The normalized spacial score (nSPS) is 12.0. The van der Waals surface area contributed by atoms with E-state index in [1.807, 2.05) is 0 Å². The van der Waals surface area contributed by atoms with E-state index in [0.29, 0.717) is 19.4 Å². The van der Waals surface area contributed by atoms with Crippen molar-refractivity contribution in [3.63, 3.8) is 0 Å². The molecule has 1 atom stereocenters. The second kappa shape index (κ2) is 22.6. The molecule has 0 rings (SSSR count). The van der Waals surface area contributed by atoms with Crippen molar-refractivity contribution in [2.75, 3.05) is 6.61 Å². The number of hydrogen-bond acceptors (Lipinski definition) is 4. The summed E-state index contributed by atoms with van der Waals surface area (Å²) in [4.78, 5) is 23.7. The van der Waals surface area contributed by atoms with Crippen molar-refractivity contribution in [1.82, 2.24) is 0 Å². The van der Waals surface area contributed by atoms with E-state index in [9.17, 15) is 9.59 Å². The van der Waals surface area contributed by atoms with Crippen molar-refractivity contribution in [3.8, 4) is 0 Å². The Morgan fingerprint density at radius 1 is 0.567 bits per heavy atom. The average molecular weight is 427 g/mol. The van der Waals surface area contributed by atoms with Gasteiger partial charge in [0.15, 0.2) is 0 Å². The van der Waals surface area contributed by atoms with Crippen LogP contribution >= 0.6 is 0 Å². The van der Waals surface area contributed by atoms with Crippen LogP contribution in [0.1, 0.15) is 143 Å². The molecule has 0 radical (unpaired) electrons.